The van der Waals surface area contributed by atoms with Crippen LogP contribution in [-0.2, 0) is 4.79 Å². The van der Waals surface area contributed by atoms with Crippen molar-refractivity contribution in [2.45, 2.75) is 20.0 Å². The molecule has 1 aromatic heterocycles. The zero-order chi connectivity index (χ0) is 22.7. The molecule has 4 rings (SSSR count). The number of thioether (sulfide) groups is 1. The molecule has 0 saturated heterocycles. The van der Waals surface area contributed by atoms with Crippen molar-refractivity contribution in [1.29, 1.82) is 5.41 Å². The molecule has 1 N–H and O–H groups in total. The molecule has 0 unspecified atom stereocenters. The average Bonchev–Trinajstić information content (AvgIpc) is 3.22. The molecule has 0 atom stereocenters. The van der Waals surface area contributed by atoms with Gasteiger partial charge in [0.1, 0.15) is 5.82 Å². The third-order valence-electron chi connectivity index (χ3n) is 4.63. The van der Waals surface area contributed by atoms with Crippen LogP contribution in [0.15, 0.2) is 39.9 Å². The molecule has 0 radical (unpaired) electrons. The highest BCUT2D eigenvalue weighted by molar-refractivity contribution is 8.27. The summed E-state index contributed by atoms with van der Waals surface area (Å²) in [6, 6.07) is 5.94. The third-order valence-corrected chi connectivity index (χ3v) is 5.87. The van der Waals surface area contributed by atoms with Gasteiger partial charge in [-0.15, -0.1) is 0 Å². The molecule has 0 fully saturated rings. The lowest BCUT2D eigenvalue weighted by Crippen LogP contribution is -2.35. The number of halogens is 5. The lowest BCUT2D eigenvalue weighted by molar-refractivity contribution is -0.114. The van der Waals surface area contributed by atoms with E-state index in [1.165, 1.54) is 24.3 Å². The fourth-order valence-electron chi connectivity index (χ4n) is 3.22. The van der Waals surface area contributed by atoms with Crippen molar-refractivity contribution in [3.05, 3.63) is 57.6 Å². The average molecular weight is 470 g/mol. The first-order valence-electron chi connectivity index (χ1n) is 8.69. The number of hydrogen-bond donors (Lipinski definition) is 1. The van der Waals surface area contributed by atoms with Crippen LogP contribution in [0.25, 0.3) is 11.8 Å². The fraction of sp³-hybridized carbons (Fsp3) is 0.158. The zero-order valence-electron chi connectivity index (χ0n) is 15.9. The van der Waals surface area contributed by atoms with Gasteiger partial charge in [0, 0.05) is 17.1 Å². The maximum Gasteiger partial charge on any atom is 0.441 e. The lowest BCUT2D eigenvalue weighted by atomic mass is 10.1. The van der Waals surface area contributed by atoms with Crippen LogP contribution < -0.4 is 0 Å². The van der Waals surface area contributed by atoms with Gasteiger partial charge in [-0.3, -0.25) is 10.2 Å². The van der Waals surface area contributed by atoms with Crippen LogP contribution in [0, 0.1) is 25.1 Å². The van der Waals surface area contributed by atoms with Gasteiger partial charge in [0.25, 0.3) is 5.91 Å². The van der Waals surface area contributed by atoms with E-state index in [1.54, 1.807) is 24.5 Å². The predicted molar refractivity (Wildman–Crippen MR) is 111 cm³/mol. The van der Waals surface area contributed by atoms with Crippen molar-refractivity contribution in [3.63, 3.8) is 0 Å². The van der Waals surface area contributed by atoms with Gasteiger partial charge in [-0.1, -0.05) is 11.6 Å². The number of alkyl halides is 3. The number of rotatable bonds is 2. The van der Waals surface area contributed by atoms with E-state index in [9.17, 15) is 22.4 Å². The van der Waals surface area contributed by atoms with Gasteiger partial charge in [0.05, 0.1) is 10.6 Å². The maximum atomic E-state index is 13.5. The van der Waals surface area contributed by atoms with Crippen molar-refractivity contribution in [3.8, 4) is 5.69 Å². The topological polar surface area (TPSA) is 73.8 Å². The number of carbonyl (C=O) groups excluding carboxylic acids is 1. The van der Waals surface area contributed by atoms with Crippen molar-refractivity contribution < 1.29 is 22.4 Å². The maximum absolute atomic E-state index is 13.5. The monoisotopic (exact) mass is 469 g/mol. The highest BCUT2D eigenvalue weighted by Crippen LogP contribution is 2.35. The summed E-state index contributed by atoms with van der Waals surface area (Å²) in [5.74, 6) is -1.90. The first-order chi connectivity index (χ1) is 14.5. The van der Waals surface area contributed by atoms with Gasteiger partial charge in [-0.2, -0.15) is 28.3 Å². The Bertz CT molecular complexity index is 1240. The molecule has 2 aliphatic heterocycles. The Balaban J connectivity index is 1.75. The summed E-state index contributed by atoms with van der Waals surface area (Å²) in [5.41, 5.74) is 2.32. The molecule has 0 bridgehead atoms. The minimum atomic E-state index is -4.71. The highest BCUT2D eigenvalue weighted by atomic mass is 35.5. The minimum Gasteiger partial charge on any atom is -0.318 e. The van der Waals surface area contributed by atoms with Gasteiger partial charge in [-0.25, -0.2) is 4.39 Å². The molecule has 0 aliphatic carbocycles. The Kier molecular flexibility index (Phi) is 5.05. The first-order valence-corrected chi connectivity index (χ1v) is 9.88. The summed E-state index contributed by atoms with van der Waals surface area (Å²) < 4.78 is 54.1. The van der Waals surface area contributed by atoms with E-state index in [0.717, 1.165) is 5.69 Å². The number of benzene rings is 1. The smallest absolute Gasteiger partial charge is 0.318 e. The largest absolute Gasteiger partial charge is 0.441 e. The van der Waals surface area contributed by atoms with Gasteiger partial charge in [-0.05, 0) is 61.5 Å². The molecule has 0 spiro atoms. The zero-order valence-corrected chi connectivity index (χ0v) is 17.5. The molecule has 160 valence electrons. The van der Waals surface area contributed by atoms with Crippen molar-refractivity contribution in [2.24, 2.45) is 10.1 Å². The second kappa shape index (κ2) is 7.34. The molecular formula is C19H12ClF4N5OS. The molecule has 12 heteroatoms. The molecule has 0 saturated carbocycles. The van der Waals surface area contributed by atoms with Crippen LogP contribution >= 0.6 is 23.4 Å². The first kappa shape index (κ1) is 21.3. The van der Waals surface area contributed by atoms with E-state index < -0.39 is 28.8 Å². The Morgan fingerprint density at radius 2 is 1.94 bits per heavy atom. The summed E-state index contributed by atoms with van der Waals surface area (Å²) in [5, 5.41) is 10.7. The summed E-state index contributed by atoms with van der Waals surface area (Å²) in [7, 11) is 0. The summed E-state index contributed by atoms with van der Waals surface area (Å²) >= 11 is 6.07. The quantitative estimate of drug-likeness (QED) is 0.493. The summed E-state index contributed by atoms with van der Waals surface area (Å²) in [6.45, 7) is 3.53. The van der Waals surface area contributed by atoms with Crippen LogP contribution in [0.3, 0.4) is 0 Å². The van der Waals surface area contributed by atoms with E-state index in [0.29, 0.717) is 22.0 Å². The van der Waals surface area contributed by atoms with Crippen molar-refractivity contribution >= 4 is 51.4 Å². The number of hydrazone groups is 1. The van der Waals surface area contributed by atoms with Crippen LogP contribution in [0.1, 0.15) is 17.0 Å². The summed E-state index contributed by atoms with van der Waals surface area (Å²) in [6.07, 6.45) is -3.33. The highest BCUT2D eigenvalue weighted by Gasteiger charge is 2.46. The van der Waals surface area contributed by atoms with Gasteiger partial charge >= 0.3 is 6.18 Å². The lowest BCUT2D eigenvalue weighted by Gasteiger charge is -2.20. The number of aryl methyl sites for hydroxylation is 1. The SMILES string of the molecule is Cc1cc(/C=C2/C(=N)N3N=C(C(F)(F)F)SC3=NC2=O)c(C)n1-c1ccc(F)c(Cl)c1. The molecular weight excluding hydrogens is 458 g/mol. The van der Waals surface area contributed by atoms with Crippen LogP contribution in [0.5, 0.6) is 0 Å². The molecule has 31 heavy (non-hydrogen) atoms. The number of amidine groups is 2. The molecule has 6 nitrogen and oxygen atoms in total. The number of nitrogens with zero attached hydrogens (tertiary/aromatic N) is 4. The molecule has 3 heterocycles. The Morgan fingerprint density at radius 1 is 1.23 bits per heavy atom. The number of nitrogens with one attached hydrogen (secondary N) is 1. The molecule has 2 aromatic rings. The van der Waals surface area contributed by atoms with Gasteiger partial charge in [0.2, 0.25) is 10.2 Å². The van der Waals surface area contributed by atoms with Gasteiger partial charge in [0.15, 0.2) is 5.84 Å². The Labute approximate surface area is 182 Å². The second-order valence-electron chi connectivity index (χ2n) is 6.68. The van der Waals surface area contributed by atoms with Crippen LogP contribution in [0.2, 0.25) is 5.02 Å². The Hall–Kier alpha value is -2.92. The van der Waals surface area contributed by atoms with E-state index in [2.05, 4.69) is 10.1 Å². The van der Waals surface area contributed by atoms with Crippen LogP contribution in [0.4, 0.5) is 17.6 Å². The number of aliphatic imine (C=N–C) groups is 1. The number of hydrogen-bond acceptors (Lipinski definition) is 4. The minimum absolute atomic E-state index is 0.0547. The molecule has 2 aliphatic rings. The van der Waals surface area contributed by atoms with E-state index in [1.807, 2.05) is 0 Å². The number of amides is 1. The second-order valence-corrected chi connectivity index (χ2v) is 8.05. The number of carbonyl (C=O) groups is 1. The number of fused-ring (bicyclic) bond motifs is 1. The Morgan fingerprint density at radius 3 is 2.58 bits per heavy atom. The van der Waals surface area contributed by atoms with Crippen molar-refractivity contribution in [2.75, 3.05) is 0 Å². The predicted octanol–water partition coefficient (Wildman–Crippen LogP) is 5.07. The van der Waals surface area contributed by atoms with Crippen molar-refractivity contribution in [1.82, 2.24) is 9.58 Å². The molecule has 1 amide bonds. The molecule has 1 aromatic carbocycles. The van der Waals surface area contributed by atoms with E-state index >= 15 is 0 Å². The van der Waals surface area contributed by atoms with Gasteiger partial charge < -0.3 is 4.57 Å². The van der Waals surface area contributed by atoms with Crippen LogP contribution in [-0.4, -0.2) is 37.7 Å². The normalized spacial score (nSPS) is 17.9. The number of aromatic nitrogens is 1. The summed E-state index contributed by atoms with van der Waals surface area (Å²) in [4.78, 5) is 16.1. The fourth-order valence-corrected chi connectivity index (χ4v) is 4.15. The van der Waals surface area contributed by atoms with E-state index in [-0.39, 0.29) is 27.5 Å². The third kappa shape index (κ3) is 3.68. The van der Waals surface area contributed by atoms with E-state index in [4.69, 9.17) is 17.0 Å². The standard InChI is InChI=1S/C19H12ClF4N5OS/c1-8-5-10(9(2)28(8)11-3-4-14(21)13(20)7-11)6-12-15(25)29-18(26-16(12)30)31-17(27-29)19(22,23)24/h3-7,25H,1-2H3/b12-6-,25-15?.